The average molecular weight is 435 g/mol. The Bertz CT molecular complexity index is 1290. The molecule has 1 aliphatic carbocycles. The van der Waals surface area contributed by atoms with Crippen molar-refractivity contribution in [1.29, 1.82) is 0 Å². The number of ketones is 1. The van der Waals surface area contributed by atoms with Gasteiger partial charge in [0.05, 0.1) is 5.41 Å². The minimum atomic E-state index is -0.784. The molecule has 0 bridgehead atoms. The third-order valence-electron chi connectivity index (χ3n) is 7.00. The van der Waals surface area contributed by atoms with Gasteiger partial charge in [0.15, 0.2) is 5.78 Å². The van der Waals surface area contributed by atoms with Crippen molar-refractivity contribution in [1.82, 2.24) is 0 Å². The Hall–Kier alpha value is -3.85. The van der Waals surface area contributed by atoms with Crippen molar-refractivity contribution in [3.63, 3.8) is 0 Å². The summed E-state index contributed by atoms with van der Waals surface area (Å²) < 4.78 is 0. The highest BCUT2D eigenvalue weighted by atomic mass is 16.3. The maximum absolute atomic E-state index is 13.6. The second-order valence-corrected chi connectivity index (χ2v) is 9.09. The van der Waals surface area contributed by atoms with Crippen LogP contribution < -0.4 is 0 Å². The molecule has 0 unspecified atom stereocenters. The molecule has 5 rings (SSSR count). The summed E-state index contributed by atoms with van der Waals surface area (Å²) in [6.45, 7) is 7.61. The van der Waals surface area contributed by atoms with Gasteiger partial charge in [-0.2, -0.15) is 0 Å². The molecule has 0 radical (unpaired) electrons. The number of carbonyl (C=O) groups excluding carboxylic acids is 1. The van der Waals surface area contributed by atoms with Crippen LogP contribution in [0.25, 0.3) is 0 Å². The van der Waals surface area contributed by atoms with Gasteiger partial charge >= 0.3 is 0 Å². The molecule has 0 atom stereocenters. The number of aryl methyl sites for hydroxylation is 4. The number of fused-ring (bicyclic) bond motifs is 2. The molecule has 3 nitrogen and oxygen atoms in total. The minimum Gasteiger partial charge on any atom is -0.507 e. The molecule has 4 aromatic rings. The number of phenolic OH excluding ortho intramolecular Hbond substituents is 2. The van der Waals surface area contributed by atoms with Crippen molar-refractivity contribution in [2.45, 2.75) is 33.1 Å². The lowest BCUT2D eigenvalue weighted by Gasteiger charge is -2.42. The first-order valence-electron chi connectivity index (χ1n) is 11.1. The van der Waals surface area contributed by atoms with Gasteiger partial charge in [0.1, 0.15) is 11.5 Å². The van der Waals surface area contributed by atoms with E-state index in [9.17, 15) is 15.0 Å². The van der Waals surface area contributed by atoms with E-state index in [0.717, 1.165) is 44.5 Å². The fourth-order valence-electron chi connectivity index (χ4n) is 5.44. The van der Waals surface area contributed by atoms with Crippen LogP contribution in [0.15, 0.2) is 72.8 Å². The molecule has 0 saturated heterocycles. The lowest BCUT2D eigenvalue weighted by molar-refractivity contribution is 0.103. The highest BCUT2D eigenvalue weighted by Gasteiger charge is 2.46. The topological polar surface area (TPSA) is 57.5 Å². The molecule has 0 heterocycles. The predicted molar refractivity (Wildman–Crippen MR) is 130 cm³/mol. The van der Waals surface area contributed by atoms with Crippen LogP contribution in [0, 0.1) is 27.7 Å². The van der Waals surface area contributed by atoms with Crippen molar-refractivity contribution in [2.24, 2.45) is 0 Å². The first kappa shape index (κ1) is 21.0. The number of benzene rings is 4. The highest BCUT2D eigenvalue weighted by Crippen LogP contribution is 2.52. The first-order valence-corrected chi connectivity index (χ1v) is 11.1. The molecular formula is C30H26O3. The SMILES string of the molecule is Cc1cc(C2(c3cc(C)c(O)c(C)c3)c3ccccc3C(=O)c3ccccc32)cc(C)c1O. The summed E-state index contributed by atoms with van der Waals surface area (Å²) in [5.74, 6) is 0.567. The Morgan fingerprint density at radius 3 is 1.27 bits per heavy atom. The van der Waals surface area contributed by atoms with Gasteiger partial charge in [-0.15, -0.1) is 0 Å². The fourth-order valence-corrected chi connectivity index (χ4v) is 5.44. The fraction of sp³-hybridized carbons (Fsp3) is 0.167. The normalized spacial score (nSPS) is 14.0. The van der Waals surface area contributed by atoms with Crippen LogP contribution in [0.3, 0.4) is 0 Å². The van der Waals surface area contributed by atoms with Crippen LogP contribution in [0.5, 0.6) is 11.5 Å². The lowest BCUT2D eigenvalue weighted by atomic mass is 9.59. The van der Waals surface area contributed by atoms with Crippen molar-refractivity contribution < 1.29 is 15.0 Å². The number of hydrogen-bond donors (Lipinski definition) is 2. The van der Waals surface area contributed by atoms with E-state index in [4.69, 9.17) is 0 Å². The predicted octanol–water partition coefficient (Wildman–Crippen LogP) is 6.26. The smallest absolute Gasteiger partial charge is 0.193 e. The molecule has 0 spiro atoms. The Balaban J connectivity index is 2.04. The van der Waals surface area contributed by atoms with Crippen LogP contribution in [-0.4, -0.2) is 16.0 Å². The molecule has 0 aromatic heterocycles. The van der Waals surface area contributed by atoms with Gasteiger partial charge in [-0.05, 0) is 72.2 Å². The standard InChI is InChI=1S/C30H26O3/c1-17-13-21(14-18(2)27(17)31)30(22-15-19(3)28(32)20(4)16-22)25-11-7-5-9-23(25)29(33)24-10-6-8-12-26(24)30/h5-16,31-32H,1-4H3. The Kier molecular flexibility index (Phi) is 4.68. The van der Waals surface area contributed by atoms with Crippen molar-refractivity contribution in [2.75, 3.05) is 0 Å². The number of phenols is 2. The highest BCUT2D eigenvalue weighted by molar-refractivity contribution is 6.14. The monoisotopic (exact) mass is 434 g/mol. The van der Waals surface area contributed by atoms with Gasteiger partial charge in [-0.3, -0.25) is 4.79 Å². The zero-order valence-electron chi connectivity index (χ0n) is 19.2. The van der Waals surface area contributed by atoms with Crippen molar-refractivity contribution in [3.8, 4) is 11.5 Å². The van der Waals surface area contributed by atoms with Gasteiger partial charge in [-0.1, -0.05) is 72.8 Å². The van der Waals surface area contributed by atoms with E-state index in [2.05, 4.69) is 0 Å². The maximum atomic E-state index is 13.6. The van der Waals surface area contributed by atoms with Gasteiger partial charge in [0.2, 0.25) is 0 Å². The number of carbonyl (C=O) groups is 1. The summed E-state index contributed by atoms with van der Waals surface area (Å²) in [5.41, 5.74) is 7.45. The second-order valence-electron chi connectivity index (χ2n) is 9.09. The summed E-state index contributed by atoms with van der Waals surface area (Å²) in [6.07, 6.45) is 0. The quantitative estimate of drug-likeness (QED) is 0.345. The largest absolute Gasteiger partial charge is 0.507 e. The number of aromatic hydroxyl groups is 2. The van der Waals surface area contributed by atoms with E-state index in [0.29, 0.717) is 11.1 Å². The van der Waals surface area contributed by atoms with Gasteiger partial charge in [-0.25, -0.2) is 0 Å². The van der Waals surface area contributed by atoms with Gasteiger partial charge in [0.25, 0.3) is 0 Å². The summed E-state index contributed by atoms with van der Waals surface area (Å²) in [7, 11) is 0. The van der Waals surface area contributed by atoms with E-state index in [1.165, 1.54) is 0 Å². The Labute approximate surface area is 194 Å². The summed E-state index contributed by atoms with van der Waals surface area (Å²) in [4.78, 5) is 13.6. The van der Waals surface area contributed by atoms with E-state index in [1.807, 2.05) is 100 Å². The molecule has 3 heteroatoms. The molecule has 0 saturated carbocycles. The Morgan fingerprint density at radius 1 is 0.576 bits per heavy atom. The second kappa shape index (κ2) is 7.35. The van der Waals surface area contributed by atoms with Crippen LogP contribution >= 0.6 is 0 Å². The third-order valence-corrected chi connectivity index (χ3v) is 7.00. The molecular weight excluding hydrogens is 408 g/mol. The third kappa shape index (κ3) is 2.85. The molecule has 33 heavy (non-hydrogen) atoms. The van der Waals surface area contributed by atoms with E-state index in [1.54, 1.807) is 0 Å². The van der Waals surface area contributed by atoms with Crippen LogP contribution in [0.1, 0.15) is 60.4 Å². The molecule has 4 aromatic carbocycles. The number of hydrogen-bond acceptors (Lipinski definition) is 3. The summed E-state index contributed by atoms with van der Waals surface area (Å²) in [5, 5.41) is 21.1. The van der Waals surface area contributed by atoms with E-state index >= 15 is 0 Å². The zero-order valence-corrected chi connectivity index (χ0v) is 19.2. The van der Waals surface area contributed by atoms with Crippen LogP contribution in [0.4, 0.5) is 0 Å². The molecule has 164 valence electrons. The van der Waals surface area contributed by atoms with Crippen LogP contribution in [0.2, 0.25) is 0 Å². The lowest BCUT2D eigenvalue weighted by Crippen LogP contribution is -2.38. The molecule has 0 aliphatic heterocycles. The molecule has 0 fully saturated rings. The molecule has 2 N–H and O–H groups in total. The molecule has 1 aliphatic rings. The van der Waals surface area contributed by atoms with E-state index in [-0.39, 0.29) is 17.3 Å². The number of rotatable bonds is 2. The Morgan fingerprint density at radius 2 is 0.909 bits per heavy atom. The average Bonchev–Trinajstić information content (AvgIpc) is 2.81. The van der Waals surface area contributed by atoms with Crippen molar-refractivity contribution >= 4 is 5.78 Å². The van der Waals surface area contributed by atoms with E-state index < -0.39 is 5.41 Å². The maximum Gasteiger partial charge on any atom is 0.193 e. The van der Waals surface area contributed by atoms with Gasteiger partial charge in [0, 0.05) is 11.1 Å². The van der Waals surface area contributed by atoms with Crippen LogP contribution in [-0.2, 0) is 5.41 Å². The summed E-state index contributed by atoms with van der Waals surface area (Å²) in [6, 6.07) is 23.6. The summed E-state index contributed by atoms with van der Waals surface area (Å²) >= 11 is 0. The van der Waals surface area contributed by atoms with Crippen molar-refractivity contribution in [3.05, 3.63) is 128 Å². The zero-order chi connectivity index (χ0) is 23.5. The van der Waals surface area contributed by atoms with Gasteiger partial charge < -0.3 is 10.2 Å². The molecule has 0 amide bonds. The first-order chi connectivity index (χ1) is 15.8. The minimum absolute atomic E-state index is 0.0104.